The summed E-state index contributed by atoms with van der Waals surface area (Å²) in [6, 6.07) is 0. The van der Waals surface area contributed by atoms with Gasteiger partial charge in [0.2, 0.25) is 0 Å². The number of nitrogens with zero attached hydrogens (tertiary/aromatic N) is 2. The van der Waals surface area contributed by atoms with E-state index in [4.69, 9.17) is 0 Å². The number of imidazole rings is 1. The third-order valence-corrected chi connectivity index (χ3v) is 1.80. The first-order valence-electron chi connectivity index (χ1n) is 2.35. The summed E-state index contributed by atoms with van der Waals surface area (Å²) in [5, 5.41) is 0.643. The van der Waals surface area contributed by atoms with Gasteiger partial charge in [-0.25, -0.2) is 9.66 Å². The Morgan fingerprint density at radius 3 is 2.78 bits per heavy atom. The van der Waals surface area contributed by atoms with Crippen LogP contribution >= 0.6 is 28.6 Å². The Kier molecular flexibility index (Phi) is 2.02. The minimum atomic E-state index is 0.643. The van der Waals surface area contributed by atoms with Crippen LogP contribution in [0.2, 0.25) is 0 Å². The van der Waals surface area contributed by atoms with Crippen LogP contribution < -0.4 is 5.43 Å². The Bertz CT molecular complexity index is 190. The van der Waals surface area contributed by atoms with Gasteiger partial charge in [0.15, 0.2) is 5.16 Å². The summed E-state index contributed by atoms with van der Waals surface area (Å²) in [5.74, 6) is 0. The van der Waals surface area contributed by atoms with Gasteiger partial charge in [-0.3, -0.25) is 0 Å². The highest BCUT2D eigenvalue weighted by atomic mass is 79.9. The largest absolute Gasteiger partial charge is 0.326 e. The molecule has 1 heterocycles. The van der Waals surface area contributed by atoms with Gasteiger partial charge in [-0.2, -0.15) is 0 Å². The molecule has 1 N–H and O–H groups in total. The van der Waals surface area contributed by atoms with E-state index in [-0.39, 0.29) is 0 Å². The van der Waals surface area contributed by atoms with Crippen LogP contribution in [0.15, 0.2) is 16.0 Å². The Morgan fingerprint density at radius 2 is 2.56 bits per heavy atom. The van der Waals surface area contributed by atoms with Crippen molar-refractivity contribution < 1.29 is 0 Å². The molecule has 5 heteroatoms. The van der Waals surface area contributed by atoms with Crippen molar-refractivity contribution in [2.45, 2.75) is 5.16 Å². The normalized spacial score (nSPS) is 9.67. The maximum Gasteiger partial charge on any atom is 0.184 e. The number of nitrogens with one attached hydrogen (secondary N) is 1. The lowest BCUT2D eigenvalue weighted by atomic mass is 10.9. The summed E-state index contributed by atoms with van der Waals surface area (Å²) in [6.45, 7) is 0. The number of hydrogen-bond donors (Lipinski definition) is 2. The maximum absolute atomic E-state index is 4.06. The van der Waals surface area contributed by atoms with E-state index in [0.29, 0.717) is 5.16 Å². The second-order valence-corrected chi connectivity index (χ2v) is 2.65. The summed E-state index contributed by atoms with van der Waals surface area (Å²) in [6.07, 6.45) is 1.68. The fourth-order valence-corrected chi connectivity index (χ4v) is 1.38. The van der Waals surface area contributed by atoms with Crippen LogP contribution in [0.25, 0.3) is 0 Å². The third kappa shape index (κ3) is 1.21. The summed E-state index contributed by atoms with van der Waals surface area (Å²) >= 11 is 7.32. The van der Waals surface area contributed by atoms with Crippen LogP contribution in [0.1, 0.15) is 0 Å². The van der Waals surface area contributed by atoms with E-state index in [1.807, 2.05) is 0 Å². The lowest BCUT2D eigenvalue weighted by molar-refractivity contribution is 0.792. The summed E-state index contributed by atoms with van der Waals surface area (Å²) < 4.78 is 2.58. The second kappa shape index (κ2) is 2.62. The second-order valence-electron chi connectivity index (χ2n) is 1.44. The van der Waals surface area contributed by atoms with Crippen molar-refractivity contribution in [2.24, 2.45) is 0 Å². The SMILES string of the molecule is CNn1c(Br)cnc1S. The van der Waals surface area contributed by atoms with E-state index in [2.05, 4.69) is 39.0 Å². The number of aromatic nitrogens is 2. The van der Waals surface area contributed by atoms with E-state index < -0.39 is 0 Å². The molecule has 0 amide bonds. The first-order valence-corrected chi connectivity index (χ1v) is 3.59. The average Bonchev–Trinajstić information content (AvgIpc) is 2.12. The molecule has 0 unspecified atom stereocenters. The highest BCUT2D eigenvalue weighted by molar-refractivity contribution is 9.10. The highest BCUT2D eigenvalue weighted by Gasteiger charge is 1.99. The van der Waals surface area contributed by atoms with Crippen LogP contribution in [-0.2, 0) is 0 Å². The first-order chi connectivity index (χ1) is 4.25. The molecular weight excluding hydrogens is 202 g/mol. The molecule has 0 aromatic carbocycles. The average molecular weight is 208 g/mol. The summed E-state index contributed by atoms with van der Waals surface area (Å²) in [7, 11) is 1.80. The number of rotatable bonds is 1. The van der Waals surface area contributed by atoms with Gasteiger partial charge in [-0.1, -0.05) is 0 Å². The molecule has 1 rings (SSSR count). The molecule has 0 aliphatic carbocycles. The first kappa shape index (κ1) is 6.95. The van der Waals surface area contributed by atoms with Gasteiger partial charge < -0.3 is 5.43 Å². The summed E-state index contributed by atoms with van der Waals surface area (Å²) in [5.41, 5.74) is 2.87. The molecule has 1 aromatic rings. The Balaban J connectivity index is 3.07. The van der Waals surface area contributed by atoms with Crippen molar-refractivity contribution in [3.05, 3.63) is 10.8 Å². The van der Waals surface area contributed by atoms with Gasteiger partial charge in [0, 0.05) is 7.05 Å². The van der Waals surface area contributed by atoms with E-state index >= 15 is 0 Å². The molecule has 50 valence electrons. The van der Waals surface area contributed by atoms with Crippen LogP contribution in [0, 0.1) is 0 Å². The minimum Gasteiger partial charge on any atom is -0.326 e. The van der Waals surface area contributed by atoms with Gasteiger partial charge in [-0.15, -0.1) is 12.6 Å². The predicted molar refractivity (Wildman–Crippen MR) is 42.5 cm³/mol. The van der Waals surface area contributed by atoms with Crippen LogP contribution in [0.3, 0.4) is 0 Å². The number of thiol groups is 1. The Hall–Kier alpha value is -0.160. The van der Waals surface area contributed by atoms with Crippen molar-refractivity contribution in [1.82, 2.24) is 9.66 Å². The Morgan fingerprint density at radius 1 is 1.89 bits per heavy atom. The van der Waals surface area contributed by atoms with Gasteiger partial charge in [-0.05, 0) is 15.9 Å². The van der Waals surface area contributed by atoms with Gasteiger partial charge in [0.05, 0.1) is 6.20 Å². The molecule has 0 fully saturated rings. The zero-order valence-electron chi connectivity index (χ0n) is 4.80. The molecular formula is C4H6BrN3S. The van der Waals surface area contributed by atoms with Crippen molar-refractivity contribution >= 4 is 28.6 Å². The van der Waals surface area contributed by atoms with Crippen LogP contribution in [0.4, 0.5) is 0 Å². The monoisotopic (exact) mass is 207 g/mol. The van der Waals surface area contributed by atoms with Crippen molar-refractivity contribution in [3.63, 3.8) is 0 Å². The zero-order valence-corrected chi connectivity index (χ0v) is 7.28. The van der Waals surface area contributed by atoms with E-state index in [9.17, 15) is 0 Å². The molecule has 0 spiro atoms. The van der Waals surface area contributed by atoms with Gasteiger partial charge in [0.25, 0.3) is 0 Å². The molecule has 0 saturated heterocycles. The lowest BCUT2D eigenvalue weighted by Gasteiger charge is -2.01. The van der Waals surface area contributed by atoms with Crippen molar-refractivity contribution in [3.8, 4) is 0 Å². The molecule has 0 aliphatic heterocycles. The molecule has 3 nitrogen and oxygen atoms in total. The van der Waals surface area contributed by atoms with E-state index in [0.717, 1.165) is 4.60 Å². The van der Waals surface area contributed by atoms with Crippen LogP contribution in [0.5, 0.6) is 0 Å². The van der Waals surface area contributed by atoms with Crippen molar-refractivity contribution in [1.29, 1.82) is 0 Å². The smallest absolute Gasteiger partial charge is 0.184 e. The number of halogens is 1. The molecule has 0 atom stereocenters. The van der Waals surface area contributed by atoms with Crippen LogP contribution in [-0.4, -0.2) is 16.7 Å². The molecule has 0 radical (unpaired) electrons. The molecule has 0 aliphatic rings. The topological polar surface area (TPSA) is 29.9 Å². The maximum atomic E-state index is 4.06. The quantitative estimate of drug-likeness (QED) is 0.677. The molecule has 0 saturated carbocycles. The van der Waals surface area contributed by atoms with E-state index in [1.54, 1.807) is 17.9 Å². The fourth-order valence-electron chi connectivity index (χ4n) is 0.529. The molecule has 1 aromatic heterocycles. The predicted octanol–water partition coefficient (Wildman–Crippen LogP) is 1.11. The molecule has 9 heavy (non-hydrogen) atoms. The summed E-state index contributed by atoms with van der Waals surface area (Å²) in [4.78, 5) is 3.90. The van der Waals surface area contributed by atoms with Crippen molar-refractivity contribution in [2.75, 3.05) is 12.5 Å². The third-order valence-electron chi connectivity index (χ3n) is 0.924. The molecule has 0 bridgehead atoms. The standard InChI is InChI=1S/C4H6BrN3S/c1-6-8-3(5)2-7-4(8)9/h2,6H,1H3,(H,7,9). The minimum absolute atomic E-state index is 0.643. The fraction of sp³-hybridized carbons (Fsp3) is 0.250. The lowest BCUT2D eigenvalue weighted by Crippen LogP contribution is -2.08. The highest BCUT2D eigenvalue weighted by Crippen LogP contribution is 2.11. The Labute approximate surface area is 67.0 Å². The van der Waals surface area contributed by atoms with E-state index in [1.165, 1.54) is 0 Å². The number of hydrogen-bond acceptors (Lipinski definition) is 3. The van der Waals surface area contributed by atoms with Gasteiger partial charge >= 0.3 is 0 Å². The van der Waals surface area contributed by atoms with Gasteiger partial charge in [0.1, 0.15) is 4.60 Å². The zero-order chi connectivity index (χ0) is 6.85.